The van der Waals surface area contributed by atoms with Crippen LogP contribution in [0.4, 0.5) is 4.79 Å². The van der Waals surface area contributed by atoms with Gasteiger partial charge in [-0.1, -0.05) is 12.2 Å². The second-order valence-corrected chi connectivity index (χ2v) is 4.11. The maximum absolute atomic E-state index is 11.1. The van der Waals surface area contributed by atoms with E-state index in [0.29, 0.717) is 0 Å². The predicted octanol–water partition coefficient (Wildman–Crippen LogP) is 1.63. The smallest absolute Gasteiger partial charge is 0.408 e. The minimum Gasteiger partial charge on any atom is -0.460 e. The fourth-order valence-electron chi connectivity index (χ4n) is 0.747. The summed E-state index contributed by atoms with van der Waals surface area (Å²) in [4.78, 5) is 22.2. The first-order chi connectivity index (χ1) is 7.35. The molecule has 0 spiro atoms. The maximum Gasteiger partial charge on any atom is 0.408 e. The molecule has 0 aromatic carbocycles. The quantitative estimate of drug-likeness (QED) is 0.588. The average molecular weight is 229 g/mol. The first kappa shape index (κ1) is 14.5. The number of rotatable bonds is 4. The molecule has 0 fully saturated rings. The van der Waals surface area contributed by atoms with E-state index in [0.717, 1.165) is 0 Å². The molecule has 0 aromatic rings. The van der Waals surface area contributed by atoms with Gasteiger partial charge in [-0.05, 0) is 27.7 Å². The van der Waals surface area contributed by atoms with Crippen molar-refractivity contribution in [2.24, 2.45) is 0 Å². The van der Waals surface area contributed by atoms with Gasteiger partial charge in [-0.15, -0.1) is 0 Å². The molecule has 92 valence electrons. The van der Waals surface area contributed by atoms with Gasteiger partial charge in [-0.2, -0.15) is 0 Å². The number of carbonyl (C=O) groups is 2. The number of carbonyl (C=O) groups excluding carboxylic acids is 2. The Bertz CT molecular complexity index is 266. The van der Waals surface area contributed by atoms with Crippen molar-refractivity contribution < 1.29 is 19.1 Å². The van der Waals surface area contributed by atoms with E-state index in [1.807, 2.05) is 6.92 Å². The lowest BCUT2D eigenvalue weighted by molar-refractivity contribution is -0.141. The molecule has 0 aliphatic rings. The molecule has 1 amide bonds. The van der Waals surface area contributed by atoms with E-state index < -0.39 is 17.7 Å². The Morgan fingerprint density at radius 1 is 1.31 bits per heavy atom. The third kappa shape index (κ3) is 9.05. The number of hydrogen-bond donors (Lipinski definition) is 1. The van der Waals surface area contributed by atoms with Crippen LogP contribution in [0.25, 0.3) is 0 Å². The summed E-state index contributed by atoms with van der Waals surface area (Å²) in [5.74, 6) is -0.496. The lowest BCUT2D eigenvalue weighted by atomic mass is 10.2. The third-order valence-corrected chi connectivity index (χ3v) is 1.35. The van der Waals surface area contributed by atoms with E-state index in [2.05, 4.69) is 5.32 Å². The van der Waals surface area contributed by atoms with Gasteiger partial charge in [0.25, 0.3) is 0 Å². The Morgan fingerprint density at radius 2 is 1.94 bits per heavy atom. The SMILES string of the molecule is CC=CCOC(=O)CNC(=O)OC(C)(C)C. The Balaban J connectivity index is 3.71. The molecule has 5 nitrogen and oxygen atoms in total. The number of nitrogens with one attached hydrogen (secondary N) is 1. The molecule has 0 unspecified atom stereocenters. The monoisotopic (exact) mass is 229 g/mol. The molecule has 16 heavy (non-hydrogen) atoms. The lowest BCUT2D eigenvalue weighted by Crippen LogP contribution is -2.36. The zero-order valence-corrected chi connectivity index (χ0v) is 10.2. The van der Waals surface area contributed by atoms with Crippen molar-refractivity contribution in [2.45, 2.75) is 33.3 Å². The zero-order valence-electron chi connectivity index (χ0n) is 10.2. The van der Waals surface area contributed by atoms with Crippen LogP contribution in [-0.2, 0) is 14.3 Å². The molecular formula is C11H19NO4. The van der Waals surface area contributed by atoms with Crippen molar-refractivity contribution in [1.82, 2.24) is 5.32 Å². The van der Waals surface area contributed by atoms with E-state index in [9.17, 15) is 9.59 Å². The minimum atomic E-state index is -0.629. The van der Waals surface area contributed by atoms with Crippen molar-refractivity contribution in [2.75, 3.05) is 13.2 Å². The van der Waals surface area contributed by atoms with Crippen LogP contribution >= 0.6 is 0 Å². The second kappa shape index (κ2) is 6.87. The Morgan fingerprint density at radius 3 is 2.44 bits per heavy atom. The Hall–Kier alpha value is -1.52. The Labute approximate surface area is 95.8 Å². The summed E-state index contributed by atoms with van der Waals surface area (Å²) in [5, 5.41) is 2.31. The van der Waals surface area contributed by atoms with Crippen molar-refractivity contribution in [3.63, 3.8) is 0 Å². The molecular weight excluding hydrogens is 210 g/mol. The number of allylic oxidation sites excluding steroid dienone is 1. The molecule has 1 N–H and O–H groups in total. The number of amides is 1. The highest BCUT2D eigenvalue weighted by molar-refractivity contribution is 5.78. The molecule has 0 saturated heterocycles. The van der Waals surface area contributed by atoms with Gasteiger partial charge in [-0.25, -0.2) is 4.79 Å². The van der Waals surface area contributed by atoms with E-state index in [4.69, 9.17) is 9.47 Å². The zero-order chi connectivity index (χ0) is 12.6. The van der Waals surface area contributed by atoms with E-state index >= 15 is 0 Å². The number of hydrogen-bond acceptors (Lipinski definition) is 4. The summed E-state index contributed by atoms with van der Waals surface area (Å²) in [6.07, 6.45) is 2.84. The van der Waals surface area contributed by atoms with Gasteiger partial charge >= 0.3 is 12.1 Å². The first-order valence-electron chi connectivity index (χ1n) is 5.09. The van der Waals surface area contributed by atoms with E-state index in [-0.39, 0.29) is 13.2 Å². The van der Waals surface area contributed by atoms with Crippen LogP contribution in [0.15, 0.2) is 12.2 Å². The molecule has 0 atom stereocenters. The van der Waals surface area contributed by atoms with Crippen LogP contribution in [-0.4, -0.2) is 30.8 Å². The van der Waals surface area contributed by atoms with E-state index in [1.165, 1.54) is 0 Å². The molecule has 0 saturated carbocycles. The molecule has 0 aromatic heterocycles. The fraction of sp³-hybridized carbons (Fsp3) is 0.636. The van der Waals surface area contributed by atoms with Gasteiger partial charge in [0.05, 0.1) is 0 Å². The van der Waals surface area contributed by atoms with Crippen molar-refractivity contribution in [1.29, 1.82) is 0 Å². The average Bonchev–Trinajstić information content (AvgIpc) is 2.12. The van der Waals surface area contributed by atoms with Crippen LogP contribution in [0.1, 0.15) is 27.7 Å². The van der Waals surface area contributed by atoms with Gasteiger partial charge in [0.2, 0.25) is 0 Å². The summed E-state index contributed by atoms with van der Waals surface area (Å²) in [5.41, 5.74) is -0.570. The molecule has 5 heteroatoms. The van der Waals surface area contributed by atoms with Gasteiger partial charge in [0.1, 0.15) is 18.8 Å². The van der Waals surface area contributed by atoms with Crippen molar-refractivity contribution in [3.05, 3.63) is 12.2 Å². The highest BCUT2D eigenvalue weighted by atomic mass is 16.6. The van der Waals surface area contributed by atoms with Gasteiger partial charge in [-0.3, -0.25) is 4.79 Å². The van der Waals surface area contributed by atoms with Crippen molar-refractivity contribution >= 4 is 12.1 Å². The normalized spacial score (nSPS) is 11.2. The van der Waals surface area contributed by atoms with Crippen LogP contribution in [0.5, 0.6) is 0 Å². The number of esters is 1. The standard InChI is InChI=1S/C11H19NO4/c1-5-6-7-15-9(13)8-12-10(14)16-11(2,3)4/h5-6H,7-8H2,1-4H3,(H,12,14). The van der Waals surface area contributed by atoms with Gasteiger partial charge < -0.3 is 14.8 Å². The highest BCUT2D eigenvalue weighted by Gasteiger charge is 2.16. The largest absolute Gasteiger partial charge is 0.460 e. The summed E-state index contributed by atoms with van der Waals surface area (Å²) < 4.78 is 9.71. The second-order valence-electron chi connectivity index (χ2n) is 4.11. The molecule has 0 bridgehead atoms. The summed E-state index contributed by atoms with van der Waals surface area (Å²) >= 11 is 0. The van der Waals surface area contributed by atoms with E-state index in [1.54, 1.807) is 32.9 Å². The molecule has 0 aliphatic heterocycles. The first-order valence-corrected chi connectivity index (χ1v) is 5.09. The van der Waals surface area contributed by atoms with Crippen LogP contribution in [0.2, 0.25) is 0 Å². The maximum atomic E-state index is 11.1. The van der Waals surface area contributed by atoms with Gasteiger partial charge in [0.15, 0.2) is 0 Å². The van der Waals surface area contributed by atoms with Crippen LogP contribution in [0.3, 0.4) is 0 Å². The fourth-order valence-corrected chi connectivity index (χ4v) is 0.747. The topological polar surface area (TPSA) is 64.6 Å². The number of alkyl carbamates (subject to hydrolysis) is 1. The summed E-state index contributed by atoms with van der Waals surface area (Å²) in [7, 11) is 0. The van der Waals surface area contributed by atoms with Crippen molar-refractivity contribution in [3.8, 4) is 0 Å². The predicted molar refractivity (Wildman–Crippen MR) is 60.0 cm³/mol. The van der Waals surface area contributed by atoms with Gasteiger partial charge in [0, 0.05) is 0 Å². The molecule has 0 radical (unpaired) electrons. The molecule has 0 aliphatic carbocycles. The highest BCUT2D eigenvalue weighted by Crippen LogP contribution is 2.05. The molecule has 0 rings (SSSR count). The lowest BCUT2D eigenvalue weighted by Gasteiger charge is -2.19. The summed E-state index contributed by atoms with van der Waals surface area (Å²) in [6.45, 7) is 7.09. The van der Waals surface area contributed by atoms with Crippen LogP contribution in [0, 0.1) is 0 Å². The molecule has 0 heterocycles. The third-order valence-electron chi connectivity index (χ3n) is 1.35. The Kier molecular flexibility index (Phi) is 6.22. The summed E-state index contributed by atoms with van der Waals surface area (Å²) in [6, 6.07) is 0. The minimum absolute atomic E-state index is 0.188. The van der Waals surface area contributed by atoms with Crippen LogP contribution < -0.4 is 5.32 Å². The number of ether oxygens (including phenoxy) is 2.